The fourth-order valence-corrected chi connectivity index (χ4v) is 3.59. The van der Waals surface area contributed by atoms with Crippen LogP contribution >= 0.6 is 11.8 Å². The Balaban J connectivity index is 1.70. The molecule has 0 spiro atoms. The predicted molar refractivity (Wildman–Crippen MR) is 101 cm³/mol. The van der Waals surface area contributed by atoms with Gasteiger partial charge in [0, 0.05) is 31.9 Å². The molecule has 0 radical (unpaired) electrons. The molecule has 0 aromatic heterocycles. The third kappa shape index (κ3) is 8.21. The van der Waals surface area contributed by atoms with Crippen molar-refractivity contribution in [2.24, 2.45) is 0 Å². The van der Waals surface area contributed by atoms with Crippen LogP contribution in [0.25, 0.3) is 0 Å². The molecule has 2 amide bonds. The van der Waals surface area contributed by atoms with Crippen molar-refractivity contribution in [1.82, 2.24) is 9.80 Å². The molecule has 1 heterocycles. The maximum Gasteiger partial charge on any atom is 0.401 e. The molecule has 1 saturated heterocycles. The summed E-state index contributed by atoms with van der Waals surface area (Å²) in [6, 6.07) is 7.44. The van der Waals surface area contributed by atoms with Crippen LogP contribution in [0.15, 0.2) is 24.3 Å². The second-order valence-electron chi connectivity index (χ2n) is 6.54. The van der Waals surface area contributed by atoms with Crippen LogP contribution in [-0.2, 0) is 9.59 Å². The number of nitrogens with one attached hydrogen (secondary N) is 1. The number of alkyl halides is 3. The summed E-state index contributed by atoms with van der Waals surface area (Å²) in [5.74, 6) is -0.0448. The number of amides is 2. The Morgan fingerprint density at radius 1 is 1.15 bits per heavy atom. The van der Waals surface area contributed by atoms with Crippen molar-refractivity contribution in [3.05, 3.63) is 29.8 Å². The van der Waals surface area contributed by atoms with E-state index in [1.54, 1.807) is 11.0 Å². The Morgan fingerprint density at radius 2 is 1.93 bits per heavy atom. The number of anilines is 1. The van der Waals surface area contributed by atoms with Crippen molar-refractivity contribution in [1.29, 1.82) is 0 Å². The number of aryl methyl sites for hydroxylation is 1. The Hall–Kier alpha value is -1.74. The van der Waals surface area contributed by atoms with Crippen LogP contribution in [0.4, 0.5) is 18.9 Å². The molecule has 1 aliphatic rings. The van der Waals surface area contributed by atoms with Gasteiger partial charge in [-0.25, -0.2) is 0 Å². The Kier molecular flexibility index (Phi) is 7.97. The standard InChI is InChI=1S/C18H24F3N3O2S/c1-14-4-2-5-15(10-14)22-16(25)11-27-12-17(26)24-7-3-6-23(8-9-24)13-18(19,20)21/h2,4-5,10H,3,6-9,11-13H2,1H3,(H,22,25). The smallest absolute Gasteiger partial charge is 0.341 e. The van der Waals surface area contributed by atoms with Gasteiger partial charge in [-0.05, 0) is 31.0 Å². The summed E-state index contributed by atoms with van der Waals surface area (Å²) in [5.41, 5.74) is 1.75. The Labute approximate surface area is 161 Å². The number of hydrogen-bond donors (Lipinski definition) is 1. The van der Waals surface area contributed by atoms with Gasteiger partial charge in [0.2, 0.25) is 11.8 Å². The van der Waals surface area contributed by atoms with Gasteiger partial charge in [0.1, 0.15) is 0 Å². The van der Waals surface area contributed by atoms with Gasteiger partial charge >= 0.3 is 6.18 Å². The predicted octanol–water partition coefficient (Wildman–Crippen LogP) is 2.76. The molecule has 0 atom stereocenters. The topological polar surface area (TPSA) is 52.7 Å². The van der Waals surface area contributed by atoms with E-state index in [-0.39, 0.29) is 36.4 Å². The minimum atomic E-state index is -4.22. The summed E-state index contributed by atoms with van der Waals surface area (Å²) in [5, 5.41) is 2.78. The van der Waals surface area contributed by atoms with Crippen LogP contribution in [0.5, 0.6) is 0 Å². The van der Waals surface area contributed by atoms with Gasteiger partial charge in [0.25, 0.3) is 0 Å². The van der Waals surface area contributed by atoms with Crippen LogP contribution in [0, 0.1) is 6.92 Å². The first-order valence-electron chi connectivity index (χ1n) is 8.74. The van der Waals surface area contributed by atoms with Crippen molar-refractivity contribution in [2.75, 3.05) is 49.5 Å². The maximum atomic E-state index is 12.5. The molecule has 0 bridgehead atoms. The van der Waals surface area contributed by atoms with Crippen LogP contribution in [0.2, 0.25) is 0 Å². The molecule has 2 rings (SSSR count). The molecular formula is C18H24F3N3O2S. The van der Waals surface area contributed by atoms with E-state index in [1.807, 2.05) is 25.1 Å². The Morgan fingerprint density at radius 3 is 2.63 bits per heavy atom. The van der Waals surface area contributed by atoms with E-state index < -0.39 is 12.7 Å². The van der Waals surface area contributed by atoms with Gasteiger partial charge in [0.05, 0.1) is 18.1 Å². The summed E-state index contributed by atoms with van der Waals surface area (Å²) in [6.07, 6.45) is -3.71. The third-order valence-corrected chi connectivity index (χ3v) is 5.02. The molecule has 0 unspecified atom stereocenters. The van der Waals surface area contributed by atoms with Crippen LogP contribution in [0.3, 0.4) is 0 Å². The lowest BCUT2D eigenvalue weighted by molar-refractivity contribution is -0.145. The lowest BCUT2D eigenvalue weighted by Gasteiger charge is -2.22. The summed E-state index contributed by atoms with van der Waals surface area (Å²) in [6.45, 7) is 2.26. The molecule has 0 saturated carbocycles. The normalized spacial score (nSPS) is 16.1. The van der Waals surface area contributed by atoms with Crippen molar-refractivity contribution in [3.8, 4) is 0 Å². The maximum absolute atomic E-state index is 12.5. The minimum absolute atomic E-state index is 0.139. The number of rotatable bonds is 6. The zero-order chi connectivity index (χ0) is 19.9. The average Bonchev–Trinajstić information content (AvgIpc) is 2.78. The van der Waals surface area contributed by atoms with Crippen molar-refractivity contribution >= 4 is 29.3 Å². The molecule has 9 heteroatoms. The van der Waals surface area contributed by atoms with Gasteiger partial charge in [-0.15, -0.1) is 11.8 Å². The van der Waals surface area contributed by atoms with E-state index >= 15 is 0 Å². The van der Waals surface area contributed by atoms with Crippen molar-refractivity contribution < 1.29 is 22.8 Å². The first-order valence-corrected chi connectivity index (χ1v) is 9.89. The SMILES string of the molecule is Cc1cccc(NC(=O)CSCC(=O)N2CCCN(CC(F)(F)F)CC2)c1. The van der Waals surface area contributed by atoms with Gasteiger partial charge in [-0.2, -0.15) is 13.2 Å². The Bertz CT molecular complexity index is 655. The summed E-state index contributed by atoms with van der Waals surface area (Å²) >= 11 is 1.21. The van der Waals surface area contributed by atoms with E-state index in [1.165, 1.54) is 16.7 Å². The average molecular weight is 403 g/mol. The van der Waals surface area contributed by atoms with Crippen LogP contribution in [-0.4, -0.2) is 72.0 Å². The number of nitrogens with zero attached hydrogens (tertiary/aromatic N) is 2. The van der Waals surface area contributed by atoms with Crippen molar-refractivity contribution in [3.63, 3.8) is 0 Å². The highest BCUT2D eigenvalue weighted by molar-refractivity contribution is 8.00. The molecule has 27 heavy (non-hydrogen) atoms. The fourth-order valence-electron chi connectivity index (χ4n) is 2.87. The summed E-state index contributed by atoms with van der Waals surface area (Å²) in [7, 11) is 0. The molecular weight excluding hydrogens is 379 g/mol. The molecule has 1 fully saturated rings. The highest BCUT2D eigenvalue weighted by atomic mass is 32.2. The van der Waals surface area contributed by atoms with Gasteiger partial charge in [-0.3, -0.25) is 14.5 Å². The molecule has 1 N–H and O–H groups in total. The number of benzene rings is 1. The lowest BCUT2D eigenvalue weighted by Crippen LogP contribution is -2.39. The van der Waals surface area contributed by atoms with E-state index in [0.717, 1.165) is 5.56 Å². The number of carbonyl (C=O) groups excluding carboxylic acids is 2. The molecule has 1 aromatic carbocycles. The van der Waals surface area contributed by atoms with Crippen LogP contribution in [0.1, 0.15) is 12.0 Å². The van der Waals surface area contributed by atoms with E-state index in [2.05, 4.69) is 5.32 Å². The fraction of sp³-hybridized carbons (Fsp3) is 0.556. The first-order chi connectivity index (χ1) is 12.7. The zero-order valence-electron chi connectivity index (χ0n) is 15.2. The van der Waals surface area contributed by atoms with E-state index in [4.69, 9.17) is 0 Å². The molecule has 1 aliphatic heterocycles. The quantitative estimate of drug-likeness (QED) is 0.794. The molecule has 0 aliphatic carbocycles. The molecule has 1 aromatic rings. The van der Waals surface area contributed by atoms with Crippen LogP contribution < -0.4 is 5.32 Å². The zero-order valence-corrected chi connectivity index (χ0v) is 16.0. The van der Waals surface area contributed by atoms with Gasteiger partial charge < -0.3 is 10.2 Å². The second kappa shape index (κ2) is 9.98. The molecule has 5 nitrogen and oxygen atoms in total. The largest absolute Gasteiger partial charge is 0.401 e. The number of carbonyl (C=O) groups is 2. The van der Waals surface area contributed by atoms with Gasteiger partial charge in [-0.1, -0.05) is 12.1 Å². The first kappa shape index (κ1) is 21.6. The minimum Gasteiger partial charge on any atom is -0.341 e. The summed E-state index contributed by atoms with van der Waals surface area (Å²) in [4.78, 5) is 27.1. The highest BCUT2D eigenvalue weighted by Crippen LogP contribution is 2.18. The van der Waals surface area contributed by atoms with Gasteiger partial charge in [0.15, 0.2) is 0 Å². The third-order valence-electron chi connectivity index (χ3n) is 4.10. The second-order valence-corrected chi connectivity index (χ2v) is 7.52. The van der Waals surface area contributed by atoms with E-state index in [0.29, 0.717) is 25.2 Å². The number of hydrogen-bond acceptors (Lipinski definition) is 4. The molecule has 150 valence electrons. The number of thioether (sulfide) groups is 1. The van der Waals surface area contributed by atoms with E-state index in [9.17, 15) is 22.8 Å². The lowest BCUT2D eigenvalue weighted by atomic mass is 10.2. The summed E-state index contributed by atoms with van der Waals surface area (Å²) < 4.78 is 37.5. The monoisotopic (exact) mass is 403 g/mol. The van der Waals surface area contributed by atoms with Crippen molar-refractivity contribution in [2.45, 2.75) is 19.5 Å². The highest BCUT2D eigenvalue weighted by Gasteiger charge is 2.31. The number of halogens is 3.